The minimum atomic E-state index is -0.216. The third kappa shape index (κ3) is 4.14. The minimum absolute atomic E-state index is 0.0917. The number of thiophene rings is 1. The summed E-state index contributed by atoms with van der Waals surface area (Å²) in [4.78, 5) is 36.3. The molecular formula is C20H21ClN4O3S. The molecular weight excluding hydrogens is 412 g/mol. The second-order valence-corrected chi connectivity index (χ2v) is 8.64. The van der Waals surface area contributed by atoms with Crippen LogP contribution in [0.5, 0.6) is 5.75 Å². The van der Waals surface area contributed by atoms with Crippen LogP contribution in [0.4, 0.5) is 5.69 Å². The van der Waals surface area contributed by atoms with Crippen molar-refractivity contribution in [3.63, 3.8) is 0 Å². The van der Waals surface area contributed by atoms with Crippen LogP contribution in [-0.4, -0.2) is 41.5 Å². The number of ether oxygens (including phenoxy) is 1. The number of nitrogens with zero attached hydrogens (tertiary/aromatic N) is 2. The fourth-order valence-corrected chi connectivity index (χ4v) is 5.10. The monoisotopic (exact) mass is 432 g/mol. The van der Waals surface area contributed by atoms with E-state index in [9.17, 15) is 9.59 Å². The van der Waals surface area contributed by atoms with Gasteiger partial charge in [0.25, 0.3) is 5.56 Å². The number of H-pyrrole nitrogens is 1. The number of anilines is 1. The number of rotatable bonds is 6. The van der Waals surface area contributed by atoms with E-state index in [1.165, 1.54) is 12.0 Å². The molecule has 3 aromatic rings. The minimum Gasteiger partial charge on any atom is -0.495 e. The van der Waals surface area contributed by atoms with Crippen LogP contribution in [0.3, 0.4) is 0 Å². The van der Waals surface area contributed by atoms with Crippen LogP contribution in [0.2, 0.25) is 5.02 Å². The van der Waals surface area contributed by atoms with Gasteiger partial charge in [-0.25, -0.2) is 4.98 Å². The normalized spacial score (nSPS) is 13.1. The number of likely N-dealkylation sites (N-methyl/N-ethyl adjacent to an activating group) is 1. The number of nitrogens with one attached hydrogen (secondary N) is 2. The Labute approximate surface area is 176 Å². The Morgan fingerprint density at radius 2 is 2.24 bits per heavy atom. The lowest BCUT2D eigenvalue weighted by Crippen LogP contribution is -2.31. The average molecular weight is 433 g/mol. The van der Waals surface area contributed by atoms with Gasteiger partial charge in [-0.1, -0.05) is 11.6 Å². The number of aromatic amines is 1. The average Bonchev–Trinajstić information content (AvgIpc) is 3.22. The molecule has 0 bridgehead atoms. The van der Waals surface area contributed by atoms with Crippen molar-refractivity contribution < 1.29 is 9.53 Å². The number of carbonyl (C=O) groups is 1. The van der Waals surface area contributed by atoms with Crippen molar-refractivity contribution in [1.29, 1.82) is 0 Å². The van der Waals surface area contributed by atoms with Crippen LogP contribution in [0, 0.1) is 0 Å². The molecule has 0 fully saturated rings. The molecule has 1 aliphatic carbocycles. The summed E-state index contributed by atoms with van der Waals surface area (Å²) in [6.07, 6.45) is 3.08. The predicted molar refractivity (Wildman–Crippen MR) is 115 cm³/mol. The van der Waals surface area contributed by atoms with Gasteiger partial charge in [-0.2, -0.15) is 0 Å². The first-order valence-corrected chi connectivity index (χ1v) is 10.5. The molecule has 2 N–H and O–H groups in total. The molecule has 2 heterocycles. The van der Waals surface area contributed by atoms with Gasteiger partial charge in [0.05, 0.1) is 31.3 Å². The Bertz CT molecular complexity index is 1140. The van der Waals surface area contributed by atoms with Crippen LogP contribution in [-0.2, 0) is 24.2 Å². The van der Waals surface area contributed by atoms with Gasteiger partial charge in [-0.15, -0.1) is 11.3 Å². The van der Waals surface area contributed by atoms with Crippen molar-refractivity contribution in [3.05, 3.63) is 49.8 Å². The third-order valence-electron chi connectivity index (χ3n) is 4.89. The first-order valence-electron chi connectivity index (χ1n) is 9.30. The van der Waals surface area contributed by atoms with E-state index in [0.717, 1.165) is 35.0 Å². The fourth-order valence-electron chi connectivity index (χ4n) is 3.65. The van der Waals surface area contributed by atoms with Gasteiger partial charge in [-0.05, 0) is 50.1 Å². The molecule has 152 valence electrons. The standard InChI is InChI=1S/C20H21ClN4O3S/c1-25(10-17(26)22-13-8-11(21)6-7-14(13)28-2)9-16-23-19(27)18-12-4-3-5-15(12)29-20(18)24-16/h6-8H,3-5,9-10H2,1-2H3,(H,22,26)(H,23,24,27). The summed E-state index contributed by atoms with van der Waals surface area (Å²) in [6.45, 7) is 0.478. The lowest BCUT2D eigenvalue weighted by atomic mass is 10.2. The summed E-state index contributed by atoms with van der Waals surface area (Å²) in [7, 11) is 3.33. The fraction of sp³-hybridized carbons (Fsp3) is 0.350. The number of benzene rings is 1. The summed E-state index contributed by atoms with van der Waals surface area (Å²) in [5, 5.41) is 4.05. The number of amides is 1. The summed E-state index contributed by atoms with van der Waals surface area (Å²) < 4.78 is 5.25. The highest BCUT2D eigenvalue weighted by molar-refractivity contribution is 7.18. The maximum atomic E-state index is 12.6. The molecule has 0 atom stereocenters. The van der Waals surface area contributed by atoms with Crippen molar-refractivity contribution in [2.24, 2.45) is 0 Å². The topological polar surface area (TPSA) is 87.3 Å². The quantitative estimate of drug-likeness (QED) is 0.624. The molecule has 1 aliphatic rings. The smallest absolute Gasteiger partial charge is 0.259 e. The van der Waals surface area contributed by atoms with E-state index in [2.05, 4.69) is 15.3 Å². The number of hydrogen-bond acceptors (Lipinski definition) is 6. The van der Waals surface area contributed by atoms with Gasteiger partial charge in [0.15, 0.2) is 0 Å². The van der Waals surface area contributed by atoms with Gasteiger partial charge < -0.3 is 15.0 Å². The van der Waals surface area contributed by atoms with E-state index in [4.69, 9.17) is 16.3 Å². The van der Waals surface area contributed by atoms with Crippen molar-refractivity contribution >= 4 is 44.7 Å². The number of methoxy groups -OCH3 is 1. The first kappa shape index (κ1) is 19.9. The third-order valence-corrected chi connectivity index (χ3v) is 6.31. The first-order chi connectivity index (χ1) is 13.9. The van der Waals surface area contributed by atoms with Crippen LogP contribution < -0.4 is 15.6 Å². The number of halogens is 1. The lowest BCUT2D eigenvalue weighted by molar-refractivity contribution is -0.117. The maximum absolute atomic E-state index is 12.6. The summed E-state index contributed by atoms with van der Waals surface area (Å²) in [6, 6.07) is 5.03. The molecule has 0 unspecified atom stereocenters. The van der Waals surface area contributed by atoms with E-state index < -0.39 is 0 Å². The van der Waals surface area contributed by atoms with E-state index >= 15 is 0 Å². The van der Waals surface area contributed by atoms with Crippen molar-refractivity contribution in [1.82, 2.24) is 14.9 Å². The molecule has 7 nitrogen and oxygen atoms in total. The van der Waals surface area contributed by atoms with Crippen LogP contribution in [0.15, 0.2) is 23.0 Å². The van der Waals surface area contributed by atoms with Gasteiger partial charge in [-0.3, -0.25) is 14.5 Å². The van der Waals surface area contributed by atoms with Crippen molar-refractivity contribution in [2.75, 3.05) is 26.0 Å². The zero-order valence-electron chi connectivity index (χ0n) is 16.2. The highest BCUT2D eigenvalue weighted by atomic mass is 35.5. The Hall–Kier alpha value is -2.42. The number of carbonyl (C=O) groups excluding carboxylic acids is 1. The molecule has 0 saturated carbocycles. The van der Waals surface area contributed by atoms with Gasteiger partial charge in [0.2, 0.25) is 5.91 Å². The molecule has 4 rings (SSSR count). The van der Waals surface area contributed by atoms with Crippen LogP contribution in [0.1, 0.15) is 22.7 Å². The van der Waals surface area contributed by atoms with Crippen LogP contribution >= 0.6 is 22.9 Å². The number of aromatic nitrogens is 2. The van der Waals surface area contributed by atoms with Gasteiger partial charge in [0, 0.05) is 9.90 Å². The molecule has 0 saturated heterocycles. The molecule has 29 heavy (non-hydrogen) atoms. The zero-order valence-corrected chi connectivity index (χ0v) is 17.7. The second kappa shape index (κ2) is 8.14. The summed E-state index contributed by atoms with van der Waals surface area (Å²) in [5.41, 5.74) is 1.58. The SMILES string of the molecule is COc1ccc(Cl)cc1NC(=O)CN(C)Cc1nc2sc3c(c2c(=O)[nH]1)CCC3. The molecule has 1 aromatic carbocycles. The molecule has 2 aromatic heterocycles. The number of aryl methyl sites for hydroxylation is 2. The molecule has 1 amide bonds. The maximum Gasteiger partial charge on any atom is 0.259 e. The van der Waals surface area contributed by atoms with E-state index in [1.807, 2.05) is 0 Å². The Morgan fingerprint density at radius 3 is 3.03 bits per heavy atom. The highest BCUT2D eigenvalue weighted by Crippen LogP contribution is 2.34. The Kier molecular flexibility index (Phi) is 5.58. The second-order valence-electron chi connectivity index (χ2n) is 7.12. The predicted octanol–water partition coefficient (Wildman–Crippen LogP) is 3.21. The van der Waals surface area contributed by atoms with E-state index in [0.29, 0.717) is 28.8 Å². The summed E-state index contributed by atoms with van der Waals surface area (Å²) in [5.74, 6) is 0.872. The largest absolute Gasteiger partial charge is 0.495 e. The zero-order chi connectivity index (χ0) is 20.5. The Balaban J connectivity index is 1.44. The molecule has 9 heteroatoms. The molecule has 0 aliphatic heterocycles. The van der Waals surface area contributed by atoms with Crippen molar-refractivity contribution in [3.8, 4) is 5.75 Å². The Morgan fingerprint density at radius 1 is 1.41 bits per heavy atom. The van der Waals surface area contributed by atoms with Crippen molar-refractivity contribution in [2.45, 2.75) is 25.8 Å². The van der Waals surface area contributed by atoms with Gasteiger partial charge in [0.1, 0.15) is 16.4 Å². The summed E-state index contributed by atoms with van der Waals surface area (Å²) >= 11 is 7.61. The number of hydrogen-bond donors (Lipinski definition) is 2. The number of fused-ring (bicyclic) bond motifs is 3. The van der Waals surface area contributed by atoms with E-state index in [-0.39, 0.29) is 18.0 Å². The van der Waals surface area contributed by atoms with Crippen LogP contribution in [0.25, 0.3) is 10.2 Å². The molecule has 0 radical (unpaired) electrons. The van der Waals surface area contributed by atoms with Gasteiger partial charge >= 0.3 is 0 Å². The lowest BCUT2D eigenvalue weighted by Gasteiger charge is -2.16. The van der Waals surface area contributed by atoms with E-state index in [1.54, 1.807) is 41.5 Å². The molecule has 0 spiro atoms. The highest BCUT2D eigenvalue weighted by Gasteiger charge is 2.21.